The second-order valence-electron chi connectivity index (χ2n) is 8.21. The zero-order valence-corrected chi connectivity index (χ0v) is 17.9. The van der Waals surface area contributed by atoms with Crippen LogP contribution in [-0.2, 0) is 5.60 Å². The van der Waals surface area contributed by atoms with Gasteiger partial charge in [0.2, 0.25) is 0 Å². The smallest absolute Gasteiger partial charge is 0.180 e. The molecular weight excluding hydrogens is 412 g/mol. The Hall–Kier alpha value is -3.82. The van der Waals surface area contributed by atoms with Crippen LogP contribution in [-0.4, -0.2) is 0 Å². The van der Waals surface area contributed by atoms with Crippen LogP contribution < -0.4 is 19.9 Å². The van der Waals surface area contributed by atoms with Crippen LogP contribution in [0.2, 0.25) is 0 Å². The fourth-order valence-electron chi connectivity index (χ4n) is 4.78. The summed E-state index contributed by atoms with van der Waals surface area (Å²) in [4.78, 5) is 0. The van der Waals surface area contributed by atoms with Gasteiger partial charge in [-0.25, -0.2) is 0 Å². The maximum Gasteiger partial charge on any atom is 0.180 e. The molecule has 0 amide bonds. The zero-order chi connectivity index (χ0) is 21.1. The predicted molar refractivity (Wildman–Crippen MR) is 130 cm³/mol. The van der Waals surface area contributed by atoms with Gasteiger partial charge in [-0.05, 0) is 41.8 Å². The molecule has 2 aliphatic rings. The molecule has 0 radical (unpaired) electrons. The average Bonchev–Trinajstić information content (AvgIpc) is 3.44. The van der Waals surface area contributed by atoms with Gasteiger partial charge < -0.3 is 9.47 Å². The molecule has 0 aliphatic carbocycles. The highest BCUT2D eigenvalue weighted by Crippen LogP contribution is 2.44. The molecule has 5 aromatic rings. The van der Waals surface area contributed by atoms with Crippen molar-refractivity contribution in [2.75, 3.05) is 0 Å². The number of hydrogen-bond acceptors (Lipinski definition) is 3. The first kappa shape index (κ1) is 17.8. The highest BCUT2D eigenvalue weighted by Gasteiger charge is 2.40. The largest absolute Gasteiger partial charge is 0.473 e. The van der Waals surface area contributed by atoms with E-state index in [2.05, 4.69) is 84.3 Å². The van der Waals surface area contributed by atoms with Crippen molar-refractivity contribution < 1.29 is 9.47 Å². The number of ether oxygens (including phenoxy) is 2. The molecule has 3 heteroatoms. The lowest BCUT2D eigenvalue weighted by molar-refractivity contribution is 0.194. The summed E-state index contributed by atoms with van der Waals surface area (Å²) in [5.41, 5.74) is 2.69. The minimum Gasteiger partial charge on any atom is -0.473 e. The molecule has 0 fully saturated rings. The molecule has 32 heavy (non-hydrogen) atoms. The molecule has 0 N–H and O–H groups in total. The first-order valence-corrected chi connectivity index (χ1v) is 11.5. The van der Waals surface area contributed by atoms with Crippen molar-refractivity contribution in [3.63, 3.8) is 0 Å². The lowest BCUT2D eigenvalue weighted by atomic mass is 9.86. The summed E-state index contributed by atoms with van der Waals surface area (Å²) >= 11 is 1.76. The Morgan fingerprint density at radius 3 is 2.41 bits per heavy atom. The van der Waals surface area contributed by atoms with E-state index in [0.717, 1.165) is 38.8 Å². The predicted octanol–water partition coefficient (Wildman–Crippen LogP) is 5.95. The molecule has 2 aliphatic heterocycles. The van der Waals surface area contributed by atoms with Gasteiger partial charge in [0.05, 0.1) is 0 Å². The molecule has 4 aromatic carbocycles. The molecule has 1 aromatic heterocycles. The lowest BCUT2D eigenvalue weighted by Crippen LogP contribution is -2.29. The van der Waals surface area contributed by atoms with Crippen LogP contribution in [0.1, 0.15) is 16.7 Å². The first-order chi connectivity index (χ1) is 15.8. The lowest BCUT2D eigenvalue weighted by Gasteiger charge is -2.29. The van der Waals surface area contributed by atoms with Crippen molar-refractivity contribution in [3.8, 4) is 17.2 Å². The number of para-hydroxylation sites is 1. The van der Waals surface area contributed by atoms with Crippen LogP contribution >= 0.6 is 11.3 Å². The Morgan fingerprint density at radius 2 is 1.47 bits per heavy atom. The van der Waals surface area contributed by atoms with Gasteiger partial charge in [0.1, 0.15) is 17.2 Å². The number of thiophene rings is 1. The normalized spacial score (nSPS) is 17.9. The van der Waals surface area contributed by atoms with E-state index < -0.39 is 5.60 Å². The topological polar surface area (TPSA) is 18.5 Å². The van der Waals surface area contributed by atoms with E-state index in [9.17, 15) is 0 Å². The van der Waals surface area contributed by atoms with Gasteiger partial charge in [-0.2, -0.15) is 0 Å². The molecule has 0 bridgehead atoms. The Labute approximate surface area is 189 Å². The molecule has 152 valence electrons. The van der Waals surface area contributed by atoms with Crippen LogP contribution in [0.5, 0.6) is 17.2 Å². The summed E-state index contributed by atoms with van der Waals surface area (Å²) in [5, 5.41) is 5.55. The molecule has 3 heterocycles. The van der Waals surface area contributed by atoms with Crippen LogP contribution in [0.3, 0.4) is 0 Å². The fraction of sp³-hybridized carbons (Fsp3) is 0.0345. The maximum atomic E-state index is 6.86. The van der Waals surface area contributed by atoms with Crippen LogP contribution in [0.4, 0.5) is 0 Å². The molecule has 0 spiro atoms. The summed E-state index contributed by atoms with van der Waals surface area (Å²) in [6.45, 7) is 0. The standard InChI is InChI=1S/C29H18O2S/c1-2-9-22(10-3-1)29(24-18-32-28-13-7-5-11-23(24)28)17-21-16-26-20(15-27(21)31-29)14-19-8-4-6-12-25(19)30-26/h1-18H. The average molecular weight is 431 g/mol. The van der Waals surface area contributed by atoms with Gasteiger partial charge in [0.15, 0.2) is 5.60 Å². The maximum absolute atomic E-state index is 6.86. The molecular formula is C29H18O2S. The third-order valence-corrected chi connectivity index (χ3v) is 7.27. The van der Waals surface area contributed by atoms with E-state index in [0.29, 0.717) is 0 Å². The van der Waals surface area contributed by atoms with Crippen molar-refractivity contribution in [1.29, 1.82) is 0 Å². The minimum atomic E-state index is -0.681. The Bertz CT molecular complexity index is 1630. The molecule has 7 rings (SSSR count). The van der Waals surface area contributed by atoms with Gasteiger partial charge in [-0.15, -0.1) is 11.3 Å². The van der Waals surface area contributed by atoms with E-state index >= 15 is 0 Å². The number of fused-ring (bicyclic) bond motifs is 4. The number of hydrogen-bond donors (Lipinski definition) is 0. The summed E-state index contributed by atoms with van der Waals surface area (Å²) < 4.78 is 14.4. The van der Waals surface area contributed by atoms with Gasteiger partial charge >= 0.3 is 0 Å². The van der Waals surface area contributed by atoms with Crippen LogP contribution in [0.25, 0.3) is 22.2 Å². The van der Waals surface area contributed by atoms with Crippen molar-refractivity contribution in [2.24, 2.45) is 0 Å². The van der Waals surface area contributed by atoms with E-state index in [4.69, 9.17) is 9.47 Å². The zero-order valence-electron chi connectivity index (χ0n) is 17.1. The Kier molecular flexibility index (Phi) is 3.67. The van der Waals surface area contributed by atoms with E-state index in [1.54, 1.807) is 11.3 Å². The Balaban J connectivity index is 1.47. The molecule has 1 atom stereocenters. The highest BCUT2D eigenvalue weighted by molar-refractivity contribution is 7.17. The van der Waals surface area contributed by atoms with Crippen molar-refractivity contribution in [3.05, 3.63) is 124 Å². The molecule has 2 nitrogen and oxygen atoms in total. The Morgan fingerprint density at radius 1 is 0.688 bits per heavy atom. The summed E-state index contributed by atoms with van der Waals surface area (Å²) in [5.74, 6) is 2.63. The first-order valence-electron chi connectivity index (χ1n) is 10.7. The molecule has 0 saturated carbocycles. The number of rotatable bonds is 2. The van der Waals surface area contributed by atoms with Crippen LogP contribution in [0, 0.1) is 0 Å². The second kappa shape index (κ2) is 6.59. The van der Waals surface area contributed by atoms with Gasteiger partial charge in [-0.3, -0.25) is 0 Å². The fourth-order valence-corrected chi connectivity index (χ4v) is 5.78. The SMILES string of the molecule is C1=c2cc3c(cc2Oc2ccccc21)=CC(c1ccccc1)(c1csc2ccccc12)O3. The summed E-state index contributed by atoms with van der Waals surface area (Å²) in [6, 6.07) is 31.4. The van der Waals surface area contributed by atoms with E-state index in [1.165, 1.54) is 15.6 Å². The highest BCUT2D eigenvalue weighted by atomic mass is 32.1. The summed E-state index contributed by atoms with van der Waals surface area (Å²) in [7, 11) is 0. The molecule has 1 unspecified atom stereocenters. The van der Waals surface area contributed by atoms with Gasteiger partial charge in [-0.1, -0.05) is 66.7 Å². The number of benzene rings is 4. The third-order valence-electron chi connectivity index (χ3n) is 6.31. The quantitative estimate of drug-likeness (QED) is 0.338. The monoisotopic (exact) mass is 430 g/mol. The summed E-state index contributed by atoms with van der Waals surface area (Å²) in [6.07, 6.45) is 4.41. The molecule has 0 saturated heterocycles. The van der Waals surface area contributed by atoms with Crippen LogP contribution in [0.15, 0.2) is 96.4 Å². The third kappa shape index (κ3) is 2.52. The minimum absolute atomic E-state index is 0.681. The van der Waals surface area contributed by atoms with Gasteiger partial charge in [0, 0.05) is 37.2 Å². The van der Waals surface area contributed by atoms with Gasteiger partial charge in [0.25, 0.3) is 0 Å². The van der Waals surface area contributed by atoms with E-state index in [-0.39, 0.29) is 0 Å². The van der Waals surface area contributed by atoms with E-state index in [1.807, 2.05) is 24.3 Å². The second-order valence-corrected chi connectivity index (χ2v) is 9.12. The van der Waals surface area contributed by atoms with Crippen molar-refractivity contribution in [1.82, 2.24) is 0 Å². The van der Waals surface area contributed by atoms with Crippen molar-refractivity contribution in [2.45, 2.75) is 5.60 Å². The van der Waals surface area contributed by atoms with Crippen molar-refractivity contribution >= 4 is 33.6 Å².